The van der Waals surface area contributed by atoms with Crippen LogP contribution in [0.1, 0.15) is 44.7 Å². The maximum absolute atomic E-state index is 2.67. The second-order valence-corrected chi connectivity index (χ2v) is 5.20. The number of rotatable bonds is 3. The van der Waals surface area contributed by atoms with Gasteiger partial charge in [0.25, 0.3) is 0 Å². The highest BCUT2D eigenvalue weighted by Gasteiger charge is 2.24. The first-order valence-electron chi connectivity index (χ1n) is 6.58. The molecule has 1 aromatic carbocycles. The molecule has 2 rings (SSSR count). The summed E-state index contributed by atoms with van der Waals surface area (Å²) in [6, 6.07) is 11.6. The molecular formula is C15H23N. The molecule has 0 amide bonds. The Balaban J connectivity index is 2.16. The summed E-state index contributed by atoms with van der Waals surface area (Å²) in [5, 5.41) is 0. The molecule has 0 spiro atoms. The second kappa shape index (κ2) is 5.49. The molecule has 1 unspecified atom stereocenters. The molecule has 1 nitrogen and oxygen atoms in total. The molecule has 16 heavy (non-hydrogen) atoms. The van der Waals surface area contributed by atoms with Crippen LogP contribution in [0.5, 0.6) is 0 Å². The van der Waals surface area contributed by atoms with Gasteiger partial charge in [0.15, 0.2) is 0 Å². The van der Waals surface area contributed by atoms with Gasteiger partial charge in [-0.2, -0.15) is 0 Å². The number of hydrogen-bond donors (Lipinski definition) is 0. The van der Waals surface area contributed by atoms with Gasteiger partial charge in [0, 0.05) is 6.04 Å². The molecule has 0 saturated carbocycles. The van der Waals surface area contributed by atoms with E-state index >= 15 is 0 Å². The van der Waals surface area contributed by atoms with Crippen LogP contribution in [0, 0.1) is 5.92 Å². The van der Waals surface area contributed by atoms with E-state index in [0.717, 1.165) is 0 Å². The highest BCUT2D eigenvalue weighted by atomic mass is 15.2. The third-order valence-corrected chi connectivity index (χ3v) is 3.56. The fourth-order valence-corrected chi connectivity index (χ4v) is 2.86. The molecule has 1 atom stereocenters. The topological polar surface area (TPSA) is 3.24 Å². The first-order chi connectivity index (χ1) is 7.79. The van der Waals surface area contributed by atoms with E-state index in [9.17, 15) is 0 Å². The van der Waals surface area contributed by atoms with Crippen molar-refractivity contribution >= 4 is 0 Å². The molecule has 0 N–H and O–H groups in total. The fourth-order valence-electron chi connectivity index (χ4n) is 2.86. The average Bonchev–Trinajstić information content (AvgIpc) is 2.31. The van der Waals surface area contributed by atoms with Gasteiger partial charge in [-0.3, -0.25) is 4.90 Å². The number of likely N-dealkylation sites (tertiary alicyclic amines) is 1. The number of piperidine rings is 1. The fraction of sp³-hybridized carbons (Fsp3) is 0.600. The summed E-state index contributed by atoms with van der Waals surface area (Å²) in [6.45, 7) is 7.23. The monoisotopic (exact) mass is 217 g/mol. The number of hydrogen-bond acceptors (Lipinski definition) is 1. The summed E-state index contributed by atoms with van der Waals surface area (Å²) in [5.74, 6) is 0.695. The van der Waals surface area contributed by atoms with Crippen molar-refractivity contribution in [3.8, 4) is 0 Å². The zero-order chi connectivity index (χ0) is 11.4. The minimum absolute atomic E-state index is 0.612. The summed E-state index contributed by atoms with van der Waals surface area (Å²) in [4.78, 5) is 2.67. The second-order valence-electron chi connectivity index (χ2n) is 5.20. The summed E-state index contributed by atoms with van der Waals surface area (Å²) < 4.78 is 0. The molecule has 0 radical (unpaired) electrons. The van der Waals surface area contributed by atoms with Crippen LogP contribution in [0.15, 0.2) is 30.3 Å². The van der Waals surface area contributed by atoms with Gasteiger partial charge in [0.05, 0.1) is 0 Å². The molecule has 1 aliphatic rings. The van der Waals surface area contributed by atoms with E-state index in [-0.39, 0.29) is 0 Å². The lowest BCUT2D eigenvalue weighted by molar-refractivity contribution is 0.128. The number of nitrogens with zero attached hydrogens (tertiary/aromatic N) is 1. The predicted octanol–water partition coefficient (Wildman–Crippen LogP) is 3.87. The van der Waals surface area contributed by atoms with Crippen molar-refractivity contribution < 1.29 is 0 Å². The van der Waals surface area contributed by atoms with Crippen LogP contribution in [0.4, 0.5) is 0 Å². The van der Waals surface area contributed by atoms with E-state index in [1.165, 1.54) is 37.9 Å². The third kappa shape index (κ3) is 2.65. The minimum atomic E-state index is 0.612. The normalized spacial score (nSPS) is 19.9. The van der Waals surface area contributed by atoms with Crippen LogP contribution in [0.25, 0.3) is 0 Å². The van der Waals surface area contributed by atoms with E-state index < -0.39 is 0 Å². The van der Waals surface area contributed by atoms with Crippen LogP contribution in [-0.4, -0.2) is 18.0 Å². The smallest absolute Gasteiger partial charge is 0.0371 e. The Bertz CT molecular complexity index is 298. The predicted molar refractivity (Wildman–Crippen MR) is 69.4 cm³/mol. The molecule has 0 aromatic heterocycles. The van der Waals surface area contributed by atoms with Crippen LogP contribution in [-0.2, 0) is 0 Å². The quantitative estimate of drug-likeness (QED) is 0.743. The van der Waals surface area contributed by atoms with Crippen LogP contribution in [0.3, 0.4) is 0 Å². The Morgan fingerprint density at radius 1 is 0.938 bits per heavy atom. The molecule has 1 saturated heterocycles. The first kappa shape index (κ1) is 11.7. The maximum atomic E-state index is 2.67. The van der Waals surface area contributed by atoms with Crippen molar-refractivity contribution in [3.05, 3.63) is 35.9 Å². The molecule has 0 aliphatic carbocycles. The molecule has 1 aliphatic heterocycles. The van der Waals surface area contributed by atoms with Crippen molar-refractivity contribution in [2.75, 3.05) is 13.1 Å². The minimum Gasteiger partial charge on any atom is -0.296 e. The van der Waals surface area contributed by atoms with Crippen LogP contribution >= 0.6 is 0 Å². The van der Waals surface area contributed by atoms with Crippen LogP contribution < -0.4 is 0 Å². The lowest BCUT2D eigenvalue weighted by Gasteiger charge is -2.37. The van der Waals surface area contributed by atoms with E-state index in [2.05, 4.69) is 49.1 Å². The van der Waals surface area contributed by atoms with Gasteiger partial charge < -0.3 is 0 Å². The highest BCUT2D eigenvalue weighted by Crippen LogP contribution is 2.30. The average molecular weight is 217 g/mol. The van der Waals surface area contributed by atoms with Crippen molar-refractivity contribution in [1.82, 2.24) is 4.90 Å². The van der Waals surface area contributed by atoms with E-state index in [4.69, 9.17) is 0 Å². The van der Waals surface area contributed by atoms with Crippen molar-refractivity contribution in [2.45, 2.75) is 39.2 Å². The molecule has 0 bridgehead atoms. The zero-order valence-electron chi connectivity index (χ0n) is 10.5. The van der Waals surface area contributed by atoms with E-state index in [0.29, 0.717) is 12.0 Å². The van der Waals surface area contributed by atoms with Gasteiger partial charge in [0.2, 0.25) is 0 Å². The summed E-state index contributed by atoms with van der Waals surface area (Å²) in [5.41, 5.74) is 1.49. The maximum Gasteiger partial charge on any atom is 0.0371 e. The van der Waals surface area contributed by atoms with Gasteiger partial charge >= 0.3 is 0 Å². The Morgan fingerprint density at radius 2 is 1.56 bits per heavy atom. The van der Waals surface area contributed by atoms with Crippen molar-refractivity contribution in [3.63, 3.8) is 0 Å². The molecule has 1 heterocycles. The Hall–Kier alpha value is -0.820. The van der Waals surface area contributed by atoms with E-state index in [1.807, 2.05) is 0 Å². The molecule has 1 aromatic rings. The van der Waals surface area contributed by atoms with E-state index in [1.54, 1.807) is 0 Å². The van der Waals surface area contributed by atoms with Gasteiger partial charge in [0.1, 0.15) is 0 Å². The van der Waals surface area contributed by atoms with Crippen molar-refractivity contribution in [1.29, 1.82) is 0 Å². The summed E-state index contributed by atoms with van der Waals surface area (Å²) in [7, 11) is 0. The first-order valence-corrected chi connectivity index (χ1v) is 6.58. The zero-order valence-corrected chi connectivity index (χ0v) is 10.5. The lowest BCUT2D eigenvalue weighted by atomic mass is 9.92. The SMILES string of the molecule is CC(C)C(c1ccccc1)N1CCCCC1. The van der Waals surface area contributed by atoms with Crippen LogP contribution in [0.2, 0.25) is 0 Å². The highest BCUT2D eigenvalue weighted by molar-refractivity contribution is 5.19. The number of benzene rings is 1. The van der Waals surface area contributed by atoms with Gasteiger partial charge in [-0.1, -0.05) is 50.6 Å². The third-order valence-electron chi connectivity index (χ3n) is 3.56. The molecule has 1 fully saturated rings. The van der Waals surface area contributed by atoms with Gasteiger partial charge in [-0.15, -0.1) is 0 Å². The standard InChI is InChI=1S/C15H23N/c1-13(2)15(14-9-5-3-6-10-14)16-11-7-4-8-12-16/h3,5-6,9-10,13,15H,4,7-8,11-12H2,1-2H3. The Kier molecular flexibility index (Phi) is 4.00. The molecule has 88 valence electrons. The summed E-state index contributed by atoms with van der Waals surface area (Å²) in [6.07, 6.45) is 4.15. The lowest BCUT2D eigenvalue weighted by Crippen LogP contribution is -2.36. The molecule has 1 heteroatoms. The summed E-state index contributed by atoms with van der Waals surface area (Å²) >= 11 is 0. The Labute approximate surface area is 99.5 Å². The van der Waals surface area contributed by atoms with Gasteiger partial charge in [-0.25, -0.2) is 0 Å². The van der Waals surface area contributed by atoms with Gasteiger partial charge in [-0.05, 0) is 37.4 Å². The largest absolute Gasteiger partial charge is 0.296 e. The Morgan fingerprint density at radius 3 is 2.12 bits per heavy atom. The van der Waals surface area contributed by atoms with Crippen molar-refractivity contribution in [2.24, 2.45) is 5.92 Å². The molecular weight excluding hydrogens is 194 g/mol.